The van der Waals surface area contributed by atoms with Crippen LogP contribution < -0.4 is 0 Å². The highest BCUT2D eigenvalue weighted by Crippen LogP contribution is 2.26. The maximum Gasteiger partial charge on any atom is 0.339 e. The molecule has 92 valence electrons. The number of halogens is 1. The van der Waals surface area contributed by atoms with Crippen molar-refractivity contribution in [3.8, 4) is 11.1 Å². The molecule has 0 heterocycles. The average Bonchev–Trinajstić information content (AvgIpc) is 2.38. The third-order valence-corrected chi connectivity index (χ3v) is 2.90. The van der Waals surface area contributed by atoms with E-state index < -0.39 is 11.8 Å². The molecule has 0 fully saturated rings. The number of benzene rings is 2. The summed E-state index contributed by atoms with van der Waals surface area (Å²) in [5, 5.41) is 9.07. The first-order chi connectivity index (χ1) is 8.63. The van der Waals surface area contributed by atoms with Gasteiger partial charge in [-0.25, -0.2) is 9.18 Å². The topological polar surface area (TPSA) is 37.3 Å². The Kier molecular flexibility index (Phi) is 3.42. The van der Waals surface area contributed by atoms with Gasteiger partial charge in [-0.05, 0) is 29.2 Å². The Hall–Kier alpha value is -2.16. The molecular formula is C15H13FO2. The van der Waals surface area contributed by atoms with Crippen molar-refractivity contribution in [2.75, 3.05) is 0 Å². The SMILES string of the molecule is CCc1ccc(-c2cccc(F)c2C(=O)O)cc1. The molecule has 2 rings (SSSR count). The van der Waals surface area contributed by atoms with Crippen molar-refractivity contribution in [3.63, 3.8) is 0 Å². The van der Waals surface area contributed by atoms with E-state index >= 15 is 0 Å². The first-order valence-electron chi connectivity index (χ1n) is 5.74. The van der Waals surface area contributed by atoms with Crippen LogP contribution in [-0.2, 0) is 6.42 Å². The van der Waals surface area contributed by atoms with Crippen molar-refractivity contribution in [2.24, 2.45) is 0 Å². The molecule has 0 aromatic heterocycles. The van der Waals surface area contributed by atoms with Gasteiger partial charge in [0.05, 0.1) is 0 Å². The Balaban J connectivity index is 2.56. The second kappa shape index (κ2) is 5.00. The Morgan fingerprint density at radius 1 is 1.17 bits per heavy atom. The van der Waals surface area contributed by atoms with Crippen LogP contribution in [0.15, 0.2) is 42.5 Å². The van der Waals surface area contributed by atoms with E-state index in [4.69, 9.17) is 5.11 Å². The van der Waals surface area contributed by atoms with Crippen LogP contribution in [0.2, 0.25) is 0 Å². The summed E-state index contributed by atoms with van der Waals surface area (Å²) >= 11 is 0. The molecule has 2 aromatic carbocycles. The van der Waals surface area contributed by atoms with Crippen LogP contribution >= 0.6 is 0 Å². The summed E-state index contributed by atoms with van der Waals surface area (Å²) in [6, 6.07) is 11.8. The van der Waals surface area contributed by atoms with E-state index in [0.717, 1.165) is 18.1 Å². The number of hydrogen-bond donors (Lipinski definition) is 1. The van der Waals surface area contributed by atoms with Gasteiger partial charge < -0.3 is 5.11 Å². The minimum atomic E-state index is -1.25. The summed E-state index contributed by atoms with van der Waals surface area (Å²) in [6.07, 6.45) is 0.912. The first-order valence-corrected chi connectivity index (χ1v) is 5.74. The maximum atomic E-state index is 13.6. The summed E-state index contributed by atoms with van der Waals surface area (Å²) in [5.74, 6) is -1.96. The molecule has 0 aliphatic rings. The second-order valence-corrected chi connectivity index (χ2v) is 4.02. The lowest BCUT2D eigenvalue weighted by atomic mass is 9.98. The van der Waals surface area contributed by atoms with Crippen LogP contribution in [-0.4, -0.2) is 11.1 Å². The Morgan fingerprint density at radius 2 is 1.83 bits per heavy atom. The average molecular weight is 244 g/mol. The highest BCUT2D eigenvalue weighted by atomic mass is 19.1. The molecule has 1 N–H and O–H groups in total. The fraction of sp³-hybridized carbons (Fsp3) is 0.133. The summed E-state index contributed by atoms with van der Waals surface area (Å²) in [5.41, 5.74) is 2.00. The Labute approximate surface area is 105 Å². The van der Waals surface area contributed by atoms with Crippen LogP contribution in [0.3, 0.4) is 0 Å². The lowest BCUT2D eigenvalue weighted by Crippen LogP contribution is -2.03. The highest BCUT2D eigenvalue weighted by molar-refractivity contribution is 5.96. The van der Waals surface area contributed by atoms with E-state index in [1.54, 1.807) is 6.07 Å². The molecule has 0 unspecified atom stereocenters. The van der Waals surface area contributed by atoms with Gasteiger partial charge in [0.2, 0.25) is 0 Å². The van der Waals surface area contributed by atoms with Crippen LogP contribution in [0.5, 0.6) is 0 Å². The molecule has 0 aliphatic heterocycles. The molecule has 2 aromatic rings. The number of rotatable bonds is 3. The fourth-order valence-corrected chi connectivity index (χ4v) is 1.90. The van der Waals surface area contributed by atoms with Crippen molar-refractivity contribution in [3.05, 3.63) is 59.4 Å². The molecule has 3 heteroatoms. The van der Waals surface area contributed by atoms with Crippen molar-refractivity contribution in [2.45, 2.75) is 13.3 Å². The maximum absolute atomic E-state index is 13.6. The predicted molar refractivity (Wildman–Crippen MR) is 68.2 cm³/mol. The van der Waals surface area contributed by atoms with Crippen molar-refractivity contribution >= 4 is 5.97 Å². The largest absolute Gasteiger partial charge is 0.478 e. The van der Waals surface area contributed by atoms with Crippen LogP contribution in [0.4, 0.5) is 4.39 Å². The van der Waals surface area contributed by atoms with Gasteiger partial charge in [0, 0.05) is 0 Å². The monoisotopic (exact) mass is 244 g/mol. The zero-order valence-electron chi connectivity index (χ0n) is 9.98. The number of aromatic carboxylic acids is 1. The van der Waals surface area contributed by atoms with E-state index in [-0.39, 0.29) is 5.56 Å². The molecule has 0 aliphatic carbocycles. The molecule has 0 amide bonds. The number of carboxylic acids is 1. The molecule has 0 radical (unpaired) electrons. The lowest BCUT2D eigenvalue weighted by Gasteiger charge is -2.08. The highest BCUT2D eigenvalue weighted by Gasteiger charge is 2.16. The molecular weight excluding hydrogens is 231 g/mol. The lowest BCUT2D eigenvalue weighted by molar-refractivity contribution is 0.0693. The molecule has 0 atom stereocenters. The fourth-order valence-electron chi connectivity index (χ4n) is 1.90. The van der Waals surface area contributed by atoms with Gasteiger partial charge in [-0.1, -0.05) is 43.3 Å². The van der Waals surface area contributed by atoms with Gasteiger partial charge in [-0.3, -0.25) is 0 Å². The normalized spacial score (nSPS) is 10.3. The smallest absolute Gasteiger partial charge is 0.339 e. The number of carbonyl (C=O) groups is 1. The minimum Gasteiger partial charge on any atom is -0.478 e. The molecule has 18 heavy (non-hydrogen) atoms. The summed E-state index contributed by atoms with van der Waals surface area (Å²) in [4.78, 5) is 11.1. The Bertz CT molecular complexity index is 574. The summed E-state index contributed by atoms with van der Waals surface area (Å²) in [7, 11) is 0. The van der Waals surface area contributed by atoms with Crippen molar-refractivity contribution in [1.29, 1.82) is 0 Å². The van der Waals surface area contributed by atoms with E-state index in [1.165, 1.54) is 6.07 Å². The third-order valence-electron chi connectivity index (χ3n) is 2.90. The van der Waals surface area contributed by atoms with Gasteiger partial charge >= 0.3 is 5.97 Å². The molecule has 0 saturated heterocycles. The van der Waals surface area contributed by atoms with Crippen LogP contribution in [0, 0.1) is 5.82 Å². The summed E-state index contributed by atoms with van der Waals surface area (Å²) < 4.78 is 13.6. The van der Waals surface area contributed by atoms with Gasteiger partial charge in [-0.2, -0.15) is 0 Å². The number of hydrogen-bond acceptors (Lipinski definition) is 1. The molecule has 2 nitrogen and oxygen atoms in total. The van der Waals surface area contributed by atoms with Gasteiger partial charge in [0.25, 0.3) is 0 Å². The molecule has 0 saturated carbocycles. The quantitative estimate of drug-likeness (QED) is 0.892. The zero-order chi connectivity index (χ0) is 13.1. The van der Waals surface area contributed by atoms with E-state index in [0.29, 0.717) is 11.1 Å². The number of aryl methyl sites for hydroxylation is 1. The molecule has 0 spiro atoms. The van der Waals surface area contributed by atoms with E-state index in [9.17, 15) is 9.18 Å². The zero-order valence-corrected chi connectivity index (χ0v) is 9.98. The van der Waals surface area contributed by atoms with Crippen molar-refractivity contribution < 1.29 is 14.3 Å². The van der Waals surface area contributed by atoms with Gasteiger partial charge in [0.15, 0.2) is 0 Å². The predicted octanol–water partition coefficient (Wildman–Crippen LogP) is 3.75. The number of carboxylic acid groups (broad SMARTS) is 1. The first kappa shape index (κ1) is 12.3. The van der Waals surface area contributed by atoms with Crippen LogP contribution in [0.1, 0.15) is 22.8 Å². The minimum absolute atomic E-state index is 0.276. The third kappa shape index (κ3) is 2.25. The van der Waals surface area contributed by atoms with Gasteiger partial charge in [-0.15, -0.1) is 0 Å². The molecule has 0 bridgehead atoms. The Morgan fingerprint density at radius 3 is 2.39 bits per heavy atom. The van der Waals surface area contributed by atoms with Crippen LogP contribution in [0.25, 0.3) is 11.1 Å². The summed E-state index contributed by atoms with van der Waals surface area (Å²) in [6.45, 7) is 2.04. The van der Waals surface area contributed by atoms with Gasteiger partial charge in [0.1, 0.15) is 11.4 Å². The standard InChI is InChI=1S/C15H13FO2/c1-2-10-6-8-11(9-7-10)12-4-3-5-13(16)14(12)15(17)18/h3-9H,2H2,1H3,(H,17,18). The van der Waals surface area contributed by atoms with E-state index in [1.807, 2.05) is 31.2 Å². The van der Waals surface area contributed by atoms with E-state index in [2.05, 4.69) is 0 Å². The van der Waals surface area contributed by atoms with Crippen molar-refractivity contribution in [1.82, 2.24) is 0 Å². The second-order valence-electron chi connectivity index (χ2n) is 4.02.